The molecule has 2 aromatic carbocycles. The van der Waals surface area contributed by atoms with Crippen molar-refractivity contribution in [2.75, 3.05) is 32.6 Å². The van der Waals surface area contributed by atoms with Gasteiger partial charge in [-0.3, -0.25) is 9.59 Å². The number of ether oxygens (including phenoxy) is 2. The van der Waals surface area contributed by atoms with Crippen LogP contribution in [0.1, 0.15) is 23.2 Å². The van der Waals surface area contributed by atoms with Gasteiger partial charge in [0.15, 0.2) is 5.13 Å². The summed E-state index contributed by atoms with van der Waals surface area (Å²) in [4.78, 5) is 31.8. The van der Waals surface area contributed by atoms with Gasteiger partial charge in [-0.25, -0.2) is 4.98 Å². The van der Waals surface area contributed by atoms with Gasteiger partial charge in [-0.15, -0.1) is 0 Å². The van der Waals surface area contributed by atoms with Crippen LogP contribution in [-0.2, 0) is 4.79 Å². The largest absolute Gasteiger partial charge is 0.497 e. The molecule has 1 N–H and O–H groups in total. The number of methoxy groups -OCH3 is 2. The van der Waals surface area contributed by atoms with Crippen molar-refractivity contribution in [2.45, 2.75) is 12.8 Å². The number of halogens is 1. The molecule has 0 bridgehead atoms. The van der Waals surface area contributed by atoms with Crippen LogP contribution in [0.2, 0.25) is 5.02 Å². The predicted molar refractivity (Wildman–Crippen MR) is 121 cm³/mol. The lowest BCUT2D eigenvalue weighted by atomic mass is 9.95. The van der Waals surface area contributed by atoms with E-state index in [2.05, 4.69) is 10.3 Å². The summed E-state index contributed by atoms with van der Waals surface area (Å²) >= 11 is 7.42. The molecule has 2 heterocycles. The Hall–Kier alpha value is -2.84. The van der Waals surface area contributed by atoms with Crippen LogP contribution in [0.15, 0.2) is 36.4 Å². The third-order valence-electron chi connectivity index (χ3n) is 5.33. The number of thiazole rings is 1. The number of rotatable bonds is 5. The molecule has 31 heavy (non-hydrogen) atoms. The number of aromatic nitrogens is 1. The fraction of sp³-hybridized carbons (Fsp3) is 0.318. The highest BCUT2D eigenvalue weighted by molar-refractivity contribution is 7.22. The maximum absolute atomic E-state index is 12.9. The number of nitrogens with zero attached hydrogens (tertiary/aromatic N) is 2. The van der Waals surface area contributed by atoms with E-state index in [1.165, 1.54) is 11.3 Å². The van der Waals surface area contributed by atoms with Crippen molar-refractivity contribution < 1.29 is 19.1 Å². The van der Waals surface area contributed by atoms with Crippen LogP contribution in [-0.4, -0.2) is 49.0 Å². The second-order valence-corrected chi connectivity index (χ2v) is 8.76. The minimum absolute atomic E-state index is 0.0692. The molecule has 162 valence electrons. The molecule has 2 amide bonds. The highest BCUT2D eigenvalue weighted by Crippen LogP contribution is 2.30. The van der Waals surface area contributed by atoms with Crippen LogP contribution in [0.25, 0.3) is 10.2 Å². The van der Waals surface area contributed by atoms with Crippen LogP contribution in [0.3, 0.4) is 0 Å². The fourth-order valence-corrected chi connectivity index (χ4v) is 4.76. The Morgan fingerprint density at radius 2 is 1.77 bits per heavy atom. The number of carbonyl (C=O) groups excluding carboxylic acids is 2. The second kappa shape index (κ2) is 9.11. The van der Waals surface area contributed by atoms with Gasteiger partial charge in [0.05, 0.1) is 24.4 Å². The summed E-state index contributed by atoms with van der Waals surface area (Å²) in [5.74, 6) is 0.794. The Morgan fingerprint density at radius 3 is 2.42 bits per heavy atom. The second-order valence-electron chi connectivity index (χ2n) is 7.29. The van der Waals surface area contributed by atoms with E-state index < -0.39 is 0 Å². The van der Waals surface area contributed by atoms with Crippen molar-refractivity contribution in [2.24, 2.45) is 5.92 Å². The van der Waals surface area contributed by atoms with Gasteiger partial charge in [0.1, 0.15) is 11.5 Å². The quantitative estimate of drug-likeness (QED) is 0.609. The Bertz CT molecular complexity index is 1100. The lowest BCUT2D eigenvalue weighted by Gasteiger charge is -2.31. The Labute approximate surface area is 188 Å². The maximum atomic E-state index is 12.9. The molecule has 1 aliphatic heterocycles. The number of likely N-dealkylation sites (tertiary alicyclic amines) is 1. The highest BCUT2D eigenvalue weighted by atomic mass is 35.5. The number of benzene rings is 2. The van der Waals surface area contributed by atoms with E-state index in [0.717, 1.165) is 10.2 Å². The van der Waals surface area contributed by atoms with Gasteiger partial charge in [0.25, 0.3) is 5.91 Å². The third kappa shape index (κ3) is 4.75. The van der Waals surface area contributed by atoms with E-state index in [0.29, 0.717) is 53.1 Å². The zero-order valence-corrected chi connectivity index (χ0v) is 18.8. The molecular formula is C22H22ClN3O4S. The first-order chi connectivity index (χ1) is 15.0. The van der Waals surface area contributed by atoms with Gasteiger partial charge >= 0.3 is 0 Å². The summed E-state index contributed by atoms with van der Waals surface area (Å²) < 4.78 is 11.4. The lowest BCUT2D eigenvalue weighted by molar-refractivity contribution is -0.121. The van der Waals surface area contributed by atoms with Gasteiger partial charge in [-0.05, 0) is 43.2 Å². The first-order valence-electron chi connectivity index (χ1n) is 9.86. The number of piperidine rings is 1. The number of carbonyl (C=O) groups is 2. The smallest absolute Gasteiger partial charge is 0.254 e. The Balaban J connectivity index is 1.37. The SMILES string of the molecule is COc1cc(OC)cc(C(=O)N2CCC(C(=O)Nc3nc4ccc(Cl)cc4s3)CC2)c1. The minimum atomic E-state index is -0.167. The van der Waals surface area contributed by atoms with E-state index in [-0.39, 0.29) is 17.7 Å². The van der Waals surface area contributed by atoms with Crippen LogP contribution in [0, 0.1) is 5.92 Å². The summed E-state index contributed by atoms with van der Waals surface area (Å²) in [5.41, 5.74) is 1.31. The molecule has 1 saturated heterocycles. The molecule has 0 radical (unpaired) electrons. The first-order valence-corrected chi connectivity index (χ1v) is 11.1. The van der Waals surface area contributed by atoms with Crippen molar-refractivity contribution in [1.29, 1.82) is 0 Å². The zero-order valence-electron chi connectivity index (χ0n) is 17.2. The minimum Gasteiger partial charge on any atom is -0.497 e. The molecule has 0 spiro atoms. The van der Waals surface area contributed by atoms with E-state index in [1.807, 2.05) is 12.1 Å². The Morgan fingerprint density at radius 1 is 1.10 bits per heavy atom. The third-order valence-corrected chi connectivity index (χ3v) is 6.50. The van der Waals surface area contributed by atoms with Gasteiger partial charge in [-0.2, -0.15) is 0 Å². The molecule has 0 atom stereocenters. The van der Waals surface area contributed by atoms with Crippen LogP contribution >= 0.6 is 22.9 Å². The summed E-state index contributed by atoms with van der Waals surface area (Å²) in [6.07, 6.45) is 1.19. The first kappa shape index (κ1) is 21.4. The summed E-state index contributed by atoms with van der Waals surface area (Å²) in [7, 11) is 3.10. The molecule has 1 aromatic heterocycles. The normalized spacial score (nSPS) is 14.5. The van der Waals surface area contributed by atoms with E-state index >= 15 is 0 Å². The number of fused-ring (bicyclic) bond motifs is 1. The number of hydrogen-bond donors (Lipinski definition) is 1. The van der Waals surface area contributed by atoms with E-state index in [1.54, 1.807) is 43.4 Å². The summed E-state index contributed by atoms with van der Waals surface area (Å²) in [6.45, 7) is 1.01. The van der Waals surface area contributed by atoms with Gasteiger partial charge in [0, 0.05) is 35.7 Å². The van der Waals surface area contributed by atoms with Gasteiger partial charge < -0.3 is 19.7 Å². The monoisotopic (exact) mass is 459 g/mol. The van der Waals surface area contributed by atoms with Crippen LogP contribution < -0.4 is 14.8 Å². The standard InChI is InChI=1S/C22H22ClN3O4S/c1-29-16-9-14(10-17(12-16)30-2)21(28)26-7-5-13(6-8-26)20(27)25-22-24-18-4-3-15(23)11-19(18)31-22/h3-4,9-13H,5-8H2,1-2H3,(H,24,25,27). The fourth-order valence-electron chi connectivity index (χ4n) is 3.62. The topological polar surface area (TPSA) is 80.8 Å². The molecule has 9 heteroatoms. The van der Waals surface area contributed by atoms with Gasteiger partial charge in [0.2, 0.25) is 5.91 Å². The van der Waals surface area contributed by atoms with Crippen molar-refractivity contribution in [1.82, 2.24) is 9.88 Å². The molecular weight excluding hydrogens is 438 g/mol. The zero-order chi connectivity index (χ0) is 22.0. The van der Waals surface area contributed by atoms with E-state index in [4.69, 9.17) is 21.1 Å². The average Bonchev–Trinajstić information content (AvgIpc) is 3.19. The van der Waals surface area contributed by atoms with Crippen molar-refractivity contribution in [3.63, 3.8) is 0 Å². The Kier molecular flexibility index (Phi) is 6.29. The van der Waals surface area contributed by atoms with Crippen molar-refractivity contribution >= 4 is 50.1 Å². The van der Waals surface area contributed by atoms with Gasteiger partial charge in [-0.1, -0.05) is 22.9 Å². The number of amides is 2. The average molecular weight is 460 g/mol. The van der Waals surface area contributed by atoms with Crippen LogP contribution in [0.4, 0.5) is 5.13 Å². The lowest BCUT2D eigenvalue weighted by Crippen LogP contribution is -2.41. The van der Waals surface area contributed by atoms with Crippen LogP contribution in [0.5, 0.6) is 11.5 Å². The molecule has 7 nitrogen and oxygen atoms in total. The number of hydrogen-bond acceptors (Lipinski definition) is 6. The molecule has 0 saturated carbocycles. The maximum Gasteiger partial charge on any atom is 0.254 e. The van der Waals surface area contributed by atoms with E-state index in [9.17, 15) is 9.59 Å². The van der Waals surface area contributed by atoms with Crippen molar-refractivity contribution in [3.8, 4) is 11.5 Å². The molecule has 1 fully saturated rings. The predicted octanol–water partition coefficient (Wildman–Crippen LogP) is 4.46. The molecule has 3 aromatic rings. The number of nitrogens with one attached hydrogen (secondary N) is 1. The van der Waals surface area contributed by atoms with Crippen molar-refractivity contribution in [3.05, 3.63) is 47.0 Å². The molecule has 1 aliphatic rings. The number of anilines is 1. The molecule has 0 unspecified atom stereocenters. The molecule has 0 aliphatic carbocycles. The molecule has 4 rings (SSSR count). The summed E-state index contributed by atoms with van der Waals surface area (Å²) in [5, 5.41) is 4.11. The highest BCUT2D eigenvalue weighted by Gasteiger charge is 2.28. The summed E-state index contributed by atoms with van der Waals surface area (Å²) in [6, 6.07) is 10.6.